The molecule has 28 heavy (non-hydrogen) atoms. The summed E-state index contributed by atoms with van der Waals surface area (Å²) in [6, 6.07) is 18.9. The molecule has 140 valence electrons. The molecule has 2 aromatic carbocycles. The van der Waals surface area contributed by atoms with Crippen LogP contribution in [0.25, 0.3) is 17.3 Å². The molecule has 0 saturated carbocycles. The Morgan fingerprint density at radius 3 is 2.64 bits per heavy atom. The van der Waals surface area contributed by atoms with E-state index in [0.717, 1.165) is 29.0 Å². The normalized spacial score (nSPS) is 10.9. The second kappa shape index (κ2) is 9.49. The third-order valence-electron chi connectivity index (χ3n) is 3.82. The molecule has 0 radical (unpaired) electrons. The molecule has 0 aliphatic heterocycles. The molecule has 0 fully saturated rings. The summed E-state index contributed by atoms with van der Waals surface area (Å²) >= 11 is 1.32. The van der Waals surface area contributed by atoms with Crippen molar-refractivity contribution in [1.82, 2.24) is 4.98 Å². The van der Waals surface area contributed by atoms with Crippen LogP contribution in [0.4, 0.5) is 5.13 Å². The van der Waals surface area contributed by atoms with E-state index in [2.05, 4.69) is 10.3 Å². The highest BCUT2D eigenvalue weighted by atomic mass is 32.1. The van der Waals surface area contributed by atoms with Crippen molar-refractivity contribution < 1.29 is 9.53 Å². The zero-order chi connectivity index (χ0) is 19.8. The zero-order valence-electron chi connectivity index (χ0n) is 15.4. The van der Waals surface area contributed by atoms with Gasteiger partial charge in [0.1, 0.15) is 17.4 Å². The number of carbonyl (C=O) groups excluding carboxylic acids is 1. The number of carbonyl (C=O) groups is 1. The first-order chi connectivity index (χ1) is 13.7. The van der Waals surface area contributed by atoms with Gasteiger partial charge in [-0.25, -0.2) is 4.98 Å². The fourth-order valence-corrected chi connectivity index (χ4v) is 3.15. The van der Waals surface area contributed by atoms with Crippen LogP contribution in [0, 0.1) is 11.3 Å². The number of thiazole rings is 1. The SMILES string of the molecule is CCCOc1ccc(/C=C(\C#N)C(=O)Nc2nc(-c3ccccc3)cs2)cc1. The van der Waals surface area contributed by atoms with Crippen LogP contribution < -0.4 is 10.1 Å². The van der Waals surface area contributed by atoms with Gasteiger partial charge in [0.2, 0.25) is 0 Å². The first-order valence-electron chi connectivity index (χ1n) is 8.86. The van der Waals surface area contributed by atoms with Crippen LogP contribution in [0.5, 0.6) is 5.75 Å². The monoisotopic (exact) mass is 389 g/mol. The van der Waals surface area contributed by atoms with Crippen molar-refractivity contribution in [2.24, 2.45) is 0 Å². The first-order valence-corrected chi connectivity index (χ1v) is 9.74. The highest BCUT2D eigenvalue weighted by Gasteiger charge is 2.12. The first kappa shape index (κ1) is 19.3. The molecule has 0 atom stereocenters. The predicted octanol–water partition coefficient (Wildman–Crippen LogP) is 5.14. The Morgan fingerprint density at radius 1 is 1.21 bits per heavy atom. The maximum absolute atomic E-state index is 12.4. The smallest absolute Gasteiger partial charge is 0.268 e. The quantitative estimate of drug-likeness (QED) is 0.448. The summed E-state index contributed by atoms with van der Waals surface area (Å²) in [5.74, 6) is 0.279. The minimum Gasteiger partial charge on any atom is -0.494 e. The number of ether oxygens (including phenoxy) is 1. The number of hydrogen-bond acceptors (Lipinski definition) is 5. The third-order valence-corrected chi connectivity index (χ3v) is 4.58. The summed E-state index contributed by atoms with van der Waals surface area (Å²) in [6.07, 6.45) is 2.48. The van der Waals surface area contributed by atoms with Gasteiger partial charge in [-0.2, -0.15) is 5.26 Å². The number of nitrogens with zero attached hydrogens (tertiary/aromatic N) is 2. The average molecular weight is 389 g/mol. The number of anilines is 1. The van der Waals surface area contributed by atoms with E-state index in [0.29, 0.717) is 11.7 Å². The number of nitrogens with one attached hydrogen (secondary N) is 1. The lowest BCUT2D eigenvalue weighted by Gasteiger charge is -2.04. The molecule has 1 heterocycles. The number of benzene rings is 2. The molecule has 1 N–H and O–H groups in total. The van der Waals surface area contributed by atoms with Crippen molar-refractivity contribution >= 4 is 28.5 Å². The lowest BCUT2D eigenvalue weighted by molar-refractivity contribution is -0.112. The topological polar surface area (TPSA) is 75.0 Å². The Balaban J connectivity index is 1.69. The van der Waals surface area contributed by atoms with Gasteiger partial charge < -0.3 is 4.74 Å². The van der Waals surface area contributed by atoms with Gasteiger partial charge in [-0.1, -0.05) is 49.4 Å². The molecule has 1 amide bonds. The third kappa shape index (κ3) is 5.06. The van der Waals surface area contributed by atoms with Crippen LogP contribution in [0.1, 0.15) is 18.9 Å². The van der Waals surface area contributed by atoms with Crippen LogP contribution in [-0.4, -0.2) is 17.5 Å². The number of amides is 1. The second-order valence-corrected chi connectivity index (χ2v) is 6.80. The summed E-state index contributed by atoms with van der Waals surface area (Å²) in [6.45, 7) is 2.69. The van der Waals surface area contributed by atoms with E-state index in [1.54, 1.807) is 6.08 Å². The Labute approximate surface area is 167 Å². The van der Waals surface area contributed by atoms with E-state index < -0.39 is 5.91 Å². The molecule has 3 aromatic rings. The molecule has 6 heteroatoms. The highest BCUT2D eigenvalue weighted by molar-refractivity contribution is 7.14. The van der Waals surface area contributed by atoms with E-state index in [1.165, 1.54) is 11.3 Å². The predicted molar refractivity (Wildman–Crippen MR) is 112 cm³/mol. The molecule has 0 aliphatic rings. The van der Waals surface area contributed by atoms with Gasteiger partial charge >= 0.3 is 0 Å². The Hall–Kier alpha value is -3.43. The van der Waals surface area contributed by atoms with E-state index in [1.807, 2.05) is 73.0 Å². The molecular formula is C22H19N3O2S. The molecule has 0 aliphatic carbocycles. The van der Waals surface area contributed by atoms with Crippen LogP contribution in [0.2, 0.25) is 0 Å². The zero-order valence-corrected chi connectivity index (χ0v) is 16.2. The van der Waals surface area contributed by atoms with Crippen LogP contribution in [-0.2, 0) is 4.79 Å². The molecule has 0 spiro atoms. The fraction of sp³-hybridized carbons (Fsp3) is 0.136. The molecule has 0 unspecified atom stereocenters. The average Bonchev–Trinajstić information content (AvgIpc) is 3.20. The number of hydrogen-bond donors (Lipinski definition) is 1. The van der Waals surface area contributed by atoms with E-state index in [9.17, 15) is 10.1 Å². The largest absolute Gasteiger partial charge is 0.494 e. The molecule has 0 bridgehead atoms. The Morgan fingerprint density at radius 2 is 1.96 bits per heavy atom. The van der Waals surface area contributed by atoms with Crippen LogP contribution in [0.3, 0.4) is 0 Å². The van der Waals surface area contributed by atoms with Gasteiger partial charge in [0.15, 0.2) is 5.13 Å². The van der Waals surface area contributed by atoms with Gasteiger partial charge in [-0.15, -0.1) is 11.3 Å². The van der Waals surface area contributed by atoms with Gasteiger partial charge in [0.25, 0.3) is 5.91 Å². The molecule has 3 rings (SSSR count). The molecular weight excluding hydrogens is 370 g/mol. The number of nitriles is 1. The standard InChI is InChI=1S/C22H19N3O2S/c1-2-12-27-19-10-8-16(9-11-19)13-18(14-23)21(26)25-22-24-20(15-28-22)17-6-4-3-5-7-17/h3-11,13,15H,2,12H2,1H3,(H,24,25,26)/b18-13+. The summed E-state index contributed by atoms with van der Waals surface area (Å²) in [4.78, 5) is 16.9. The summed E-state index contributed by atoms with van der Waals surface area (Å²) in [7, 11) is 0. The van der Waals surface area contributed by atoms with Gasteiger partial charge in [-0.3, -0.25) is 10.1 Å². The van der Waals surface area contributed by atoms with Crippen molar-refractivity contribution in [3.63, 3.8) is 0 Å². The lowest BCUT2D eigenvalue weighted by atomic mass is 10.1. The summed E-state index contributed by atoms with van der Waals surface area (Å²) in [5.41, 5.74) is 2.52. The summed E-state index contributed by atoms with van der Waals surface area (Å²) in [5, 5.41) is 14.4. The maximum Gasteiger partial charge on any atom is 0.268 e. The Kier molecular flexibility index (Phi) is 6.55. The van der Waals surface area contributed by atoms with Gasteiger partial charge in [0.05, 0.1) is 12.3 Å². The van der Waals surface area contributed by atoms with Crippen LogP contribution in [0.15, 0.2) is 65.6 Å². The van der Waals surface area contributed by atoms with Crippen LogP contribution >= 0.6 is 11.3 Å². The van der Waals surface area contributed by atoms with Gasteiger partial charge in [0, 0.05) is 10.9 Å². The van der Waals surface area contributed by atoms with E-state index in [-0.39, 0.29) is 5.57 Å². The Bertz CT molecular complexity index is 1000. The van der Waals surface area contributed by atoms with Crippen molar-refractivity contribution in [2.45, 2.75) is 13.3 Å². The summed E-state index contributed by atoms with van der Waals surface area (Å²) < 4.78 is 5.53. The second-order valence-electron chi connectivity index (χ2n) is 5.95. The van der Waals surface area contributed by atoms with E-state index >= 15 is 0 Å². The van der Waals surface area contributed by atoms with Crippen molar-refractivity contribution in [2.75, 3.05) is 11.9 Å². The highest BCUT2D eigenvalue weighted by Crippen LogP contribution is 2.25. The van der Waals surface area contributed by atoms with Crippen molar-refractivity contribution in [3.05, 3.63) is 71.1 Å². The van der Waals surface area contributed by atoms with E-state index in [4.69, 9.17) is 4.74 Å². The molecule has 5 nitrogen and oxygen atoms in total. The van der Waals surface area contributed by atoms with Gasteiger partial charge in [-0.05, 0) is 30.2 Å². The maximum atomic E-state index is 12.4. The van der Waals surface area contributed by atoms with Crippen molar-refractivity contribution in [1.29, 1.82) is 5.26 Å². The lowest BCUT2D eigenvalue weighted by Crippen LogP contribution is -2.13. The fourth-order valence-electron chi connectivity index (χ4n) is 2.43. The minimum absolute atomic E-state index is 0.0127. The number of rotatable bonds is 7. The molecule has 0 saturated heterocycles. The molecule has 1 aromatic heterocycles. The minimum atomic E-state index is -0.484. The number of aromatic nitrogens is 1. The van der Waals surface area contributed by atoms with Crippen molar-refractivity contribution in [3.8, 4) is 23.1 Å².